The zero-order chi connectivity index (χ0) is 13.1. The van der Waals surface area contributed by atoms with E-state index in [4.69, 9.17) is 23.2 Å². The van der Waals surface area contributed by atoms with Gasteiger partial charge in [-0.3, -0.25) is 0 Å². The van der Waals surface area contributed by atoms with Crippen molar-refractivity contribution in [3.05, 3.63) is 28.2 Å². The van der Waals surface area contributed by atoms with Crippen LogP contribution in [0, 0.1) is 0 Å². The van der Waals surface area contributed by atoms with Gasteiger partial charge < -0.3 is 4.57 Å². The summed E-state index contributed by atoms with van der Waals surface area (Å²) in [5, 5.41) is 10.6. The lowest BCUT2D eigenvalue weighted by atomic mass is 10.2. The van der Waals surface area contributed by atoms with E-state index in [1.54, 1.807) is 17.8 Å². The monoisotopic (exact) mass is 301 g/mol. The second-order valence-corrected chi connectivity index (χ2v) is 5.68. The lowest BCUT2D eigenvalue weighted by molar-refractivity contribution is 0.687. The molecule has 0 aliphatic carbocycles. The Bertz CT molecular complexity index is 554. The van der Waals surface area contributed by atoms with Crippen molar-refractivity contribution >= 4 is 35.0 Å². The number of hydrogen-bond acceptors (Lipinski definition) is 3. The van der Waals surface area contributed by atoms with Crippen LogP contribution in [-0.2, 0) is 6.54 Å². The summed E-state index contributed by atoms with van der Waals surface area (Å²) in [6, 6.07) is 5.41. The fourth-order valence-corrected chi connectivity index (χ4v) is 2.90. The summed E-state index contributed by atoms with van der Waals surface area (Å²) < 4.78 is 2.06. The van der Waals surface area contributed by atoms with Crippen LogP contribution in [0.5, 0.6) is 0 Å². The van der Waals surface area contributed by atoms with E-state index in [2.05, 4.69) is 28.6 Å². The average molecular weight is 302 g/mol. The first kappa shape index (κ1) is 13.7. The van der Waals surface area contributed by atoms with Gasteiger partial charge in [-0.15, -0.1) is 10.2 Å². The van der Waals surface area contributed by atoms with Gasteiger partial charge in [0, 0.05) is 17.1 Å². The predicted octanol–water partition coefficient (Wildman–Crippen LogP) is 4.38. The number of thioether (sulfide) groups is 1. The number of rotatable bonds is 4. The van der Waals surface area contributed by atoms with Crippen molar-refractivity contribution in [2.75, 3.05) is 5.75 Å². The van der Waals surface area contributed by atoms with Crippen molar-refractivity contribution in [1.82, 2.24) is 14.8 Å². The molecule has 96 valence electrons. The smallest absolute Gasteiger partial charge is 0.191 e. The molecule has 0 spiro atoms. The van der Waals surface area contributed by atoms with Crippen LogP contribution in [0.15, 0.2) is 23.4 Å². The molecule has 3 nitrogen and oxygen atoms in total. The van der Waals surface area contributed by atoms with E-state index in [1.165, 1.54) is 0 Å². The molecule has 18 heavy (non-hydrogen) atoms. The zero-order valence-corrected chi connectivity index (χ0v) is 12.5. The van der Waals surface area contributed by atoms with Crippen LogP contribution in [0.3, 0.4) is 0 Å². The van der Waals surface area contributed by atoms with Gasteiger partial charge in [-0.25, -0.2) is 0 Å². The molecule has 0 aliphatic heterocycles. The molecule has 1 heterocycles. The van der Waals surface area contributed by atoms with Gasteiger partial charge >= 0.3 is 0 Å². The average Bonchev–Trinajstić information content (AvgIpc) is 2.72. The Morgan fingerprint density at radius 3 is 2.61 bits per heavy atom. The number of halogens is 2. The highest BCUT2D eigenvalue weighted by Gasteiger charge is 2.15. The van der Waals surface area contributed by atoms with Crippen LogP contribution >= 0.6 is 35.0 Å². The van der Waals surface area contributed by atoms with E-state index >= 15 is 0 Å². The Morgan fingerprint density at radius 2 is 2.00 bits per heavy atom. The molecule has 0 fully saturated rings. The molecule has 2 aromatic rings. The van der Waals surface area contributed by atoms with E-state index in [0.29, 0.717) is 10.0 Å². The normalized spacial score (nSPS) is 10.9. The number of nitrogens with zero attached hydrogens (tertiary/aromatic N) is 3. The van der Waals surface area contributed by atoms with Crippen LogP contribution < -0.4 is 0 Å². The van der Waals surface area contributed by atoms with E-state index in [0.717, 1.165) is 28.8 Å². The quantitative estimate of drug-likeness (QED) is 0.785. The zero-order valence-electron chi connectivity index (χ0n) is 10.2. The third kappa shape index (κ3) is 2.66. The standard InChI is InChI=1S/C12H13Cl2N3S/c1-3-17-11(15-16-12(17)18-4-2)9-6-5-8(13)7-10(9)14/h5-7H,3-4H2,1-2H3. The molecule has 0 saturated heterocycles. The number of aromatic nitrogens is 3. The summed E-state index contributed by atoms with van der Waals surface area (Å²) in [6.07, 6.45) is 0. The SMILES string of the molecule is CCSc1nnc(-c2ccc(Cl)cc2Cl)n1CC. The molecule has 0 bridgehead atoms. The van der Waals surface area contributed by atoms with Crippen LogP contribution in [0.4, 0.5) is 0 Å². The molecule has 1 aromatic carbocycles. The molecule has 0 aliphatic rings. The van der Waals surface area contributed by atoms with Crippen molar-refractivity contribution in [2.45, 2.75) is 25.5 Å². The molecule has 1 aromatic heterocycles. The Morgan fingerprint density at radius 1 is 1.22 bits per heavy atom. The van der Waals surface area contributed by atoms with Crippen molar-refractivity contribution in [3.8, 4) is 11.4 Å². The first-order valence-corrected chi connectivity index (χ1v) is 7.43. The first-order chi connectivity index (χ1) is 8.67. The largest absolute Gasteiger partial charge is 0.302 e. The van der Waals surface area contributed by atoms with Gasteiger partial charge in [0.2, 0.25) is 0 Å². The summed E-state index contributed by atoms with van der Waals surface area (Å²) in [5.41, 5.74) is 0.860. The van der Waals surface area contributed by atoms with E-state index < -0.39 is 0 Å². The third-order valence-corrected chi connectivity index (χ3v) is 3.88. The highest BCUT2D eigenvalue weighted by Crippen LogP contribution is 2.31. The molecule has 0 radical (unpaired) electrons. The Hall–Kier alpha value is -0.710. The molecule has 0 unspecified atom stereocenters. The fourth-order valence-electron chi connectivity index (χ4n) is 1.68. The maximum absolute atomic E-state index is 6.21. The summed E-state index contributed by atoms with van der Waals surface area (Å²) in [7, 11) is 0. The molecule has 0 N–H and O–H groups in total. The minimum Gasteiger partial charge on any atom is -0.302 e. The van der Waals surface area contributed by atoms with Gasteiger partial charge in [-0.2, -0.15) is 0 Å². The van der Waals surface area contributed by atoms with Gasteiger partial charge in [0.25, 0.3) is 0 Å². The lowest BCUT2D eigenvalue weighted by Gasteiger charge is -2.08. The van der Waals surface area contributed by atoms with Gasteiger partial charge in [0.15, 0.2) is 11.0 Å². The summed E-state index contributed by atoms with van der Waals surface area (Å²) >= 11 is 13.8. The summed E-state index contributed by atoms with van der Waals surface area (Å²) in [6.45, 7) is 4.97. The van der Waals surface area contributed by atoms with E-state index in [1.807, 2.05) is 12.1 Å². The minimum atomic E-state index is 0.595. The first-order valence-electron chi connectivity index (χ1n) is 5.68. The maximum Gasteiger partial charge on any atom is 0.191 e. The van der Waals surface area contributed by atoms with Crippen LogP contribution in [-0.4, -0.2) is 20.5 Å². The number of benzene rings is 1. The van der Waals surface area contributed by atoms with Crippen LogP contribution in [0.1, 0.15) is 13.8 Å². The van der Waals surface area contributed by atoms with Crippen molar-refractivity contribution < 1.29 is 0 Å². The molecular weight excluding hydrogens is 289 g/mol. The summed E-state index contributed by atoms with van der Waals surface area (Å²) in [5.74, 6) is 1.75. The maximum atomic E-state index is 6.21. The van der Waals surface area contributed by atoms with Crippen molar-refractivity contribution in [1.29, 1.82) is 0 Å². The van der Waals surface area contributed by atoms with Gasteiger partial charge in [-0.1, -0.05) is 41.9 Å². The molecule has 0 amide bonds. The molecule has 0 saturated carbocycles. The fraction of sp³-hybridized carbons (Fsp3) is 0.333. The van der Waals surface area contributed by atoms with E-state index in [-0.39, 0.29) is 0 Å². The Balaban J connectivity index is 2.50. The van der Waals surface area contributed by atoms with Gasteiger partial charge in [0.1, 0.15) is 0 Å². The van der Waals surface area contributed by atoms with Gasteiger partial charge in [-0.05, 0) is 30.9 Å². The Kier molecular flexibility index (Phi) is 4.54. The second-order valence-electron chi connectivity index (χ2n) is 3.61. The van der Waals surface area contributed by atoms with Crippen molar-refractivity contribution in [2.24, 2.45) is 0 Å². The highest BCUT2D eigenvalue weighted by molar-refractivity contribution is 7.99. The minimum absolute atomic E-state index is 0.595. The highest BCUT2D eigenvalue weighted by atomic mass is 35.5. The second kappa shape index (κ2) is 5.95. The summed E-state index contributed by atoms with van der Waals surface area (Å²) in [4.78, 5) is 0. The molecule has 2 rings (SSSR count). The van der Waals surface area contributed by atoms with E-state index in [9.17, 15) is 0 Å². The number of hydrogen-bond donors (Lipinski definition) is 0. The van der Waals surface area contributed by atoms with Gasteiger partial charge in [0.05, 0.1) is 5.02 Å². The third-order valence-electron chi connectivity index (χ3n) is 2.48. The van der Waals surface area contributed by atoms with Crippen LogP contribution in [0.25, 0.3) is 11.4 Å². The predicted molar refractivity (Wildman–Crippen MR) is 77.6 cm³/mol. The molecule has 6 heteroatoms. The Labute approximate surface area is 121 Å². The lowest BCUT2D eigenvalue weighted by Crippen LogP contribution is -2.00. The van der Waals surface area contributed by atoms with Crippen molar-refractivity contribution in [3.63, 3.8) is 0 Å². The topological polar surface area (TPSA) is 30.7 Å². The van der Waals surface area contributed by atoms with Crippen LogP contribution in [0.2, 0.25) is 10.0 Å². The molecule has 0 atom stereocenters. The molecular formula is C12H13Cl2N3S.